The number of aromatic nitrogens is 3. The van der Waals surface area contributed by atoms with Crippen LogP contribution in [0.25, 0.3) is 11.2 Å². The molecule has 3 rings (SSSR count). The van der Waals surface area contributed by atoms with Gasteiger partial charge in [-0.1, -0.05) is 0 Å². The largest absolute Gasteiger partial charge is 0.376 e. The zero-order valence-corrected chi connectivity index (χ0v) is 10.4. The summed E-state index contributed by atoms with van der Waals surface area (Å²) in [4.78, 5) is 15.1. The third kappa shape index (κ3) is 2.26. The molecular weight excluding hydrogens is 228 g/mol. The second kappa shape index (κ2) is 4.86. The van der Waals surface area contributed by atoms with E-state index in [0.29, 0.717) is 11.8 Å². The molecule has 0 bridgehead atoms. The van der Waals surface area contributed by atoms with Crippen molar-refractivity contribution in [1.29, 1.82) is 0 Å². The second-order valence-electron chi connectivity index (χ2n) is 4.58. The van der Waals surface area contributed by atoms with Gasteiger partial charge in [0.2, 0.25) is 0 Å². The number of nitrogens with zero attached hydrogens (tertiary/aromatic N) is 4. The van der Waals surface area contributed by atoms with Crippen molar-refractivity contribution in [3.63, 3.8) is 0 Å². The highest BCUT2D eigenvalue weighted by atomic mass is 16.5. The SMILES string of the molecule is CN(CC1CCCO1)c1ccc2nccnc2n1. The first-order valence-electron chi connectivity index (χ1n) is 6.23. The summed E-state index contributed by atoms with van der Waals surface area (Å²) in [5, 5.41) is 0. The first-order chi connectivity index (χ1) is 8.83. The fraction of sp³-hybridized carbons (Fsp3) is 0.462. The van der Waals surface area contributed by atoms with Gasteiger partial charge in [0, 0.05) is 32.6 Å². The Balaban J connectivity index is 1.80. The Morgan fingerprint density at radius 3 is 3.06 bits per heavy atom. The lowest BCUT2D eigenvalue weighted by molar-refractivity contribution is 0.116. The van der Waals surface area contributed by atoms with E-state index in [4.69, 9.17) is 4.74 Å². The molecule has 2 aromatic heterocycles. The smallest absolute Gasteiger partial charge is 0.180 e. The van der Waals surface area contributed by atoms with Gasteiger partial charge < -0.3 is 9.64 Å². The van der Waals surface area contributed by atoms with Gasteiger partial charge in [0.15, 0.2) is 5.65 Å². The molecule has 0 aromatic carbocycles. The standard InChI is InChI=1S/C13H16N4O/c1-17(9-10-3-2-8-18-10)12-5-4-11-13(16-12)15-7-6-14-11/h4-7,10H,2-3,8-9H2,1H3. The number of pyridine rings is 1. The Hall–Kier alpha value is -1.75. The molecule has 0 spiro atoms. The molecule has 94 valence electrons. The lowest BCUT2D eigenvalue weighted by atomic mass is 10.2. The van der Waals surface area contributed by atoms with E-state index < -0.39 is 0 Å². The number of hydrogen-bond donors (Lipinski definition) is 0. The van der Waals surface area contributed by atoms with Crippen LogP contribution in [-0.4, -0.2) is 41.3 Å². The Bertz CT molecular complexity index is 539. The van der Waals surface area contributed by atoms with Gasteiger partial charge >= 0.3 is 0 Å². The van der Waals surface area contributed by atoms with Crippen molar-refractivity contribution in [2.45, 2.75) is 18.9 Å². The number of ether oxygens (including phenoxy) is 1. The van der Waals surface area contributed by atoms with E-state index in [9.17, 15) is 0 Å². The van der Waals surface area contributed by atoms with E-state index in [2.05, 4.69) is 19.9 Å². The fourth-order valence-electron chi connectivity index (χ4n) is 2.24. The predicted molar refractivity (Wildman–Crippen MR) is 69.6 cm³/mol. The summed E-state index contributed by atoms with van der Waals surface area (Å²) >= 11 is 0. The molecule has 18 heavy (non-hydrogen) atoms. The lowest BCUT2D eigenvalue weighted by Gasteiger charge is -2.21. The molecule has 1 fully saturated rings. The molecule has 5 heteroatoms. The Kier molecular flexibility index (Phi) is 3.06. The van der Waals surface area contributed by atoms with Crippen LogP contribution >= 0.6 is 0 Å². The van der Waals surface area contributed by atoms with Crippen LogP contribution in [0.2, 0.25) is 0 Å². The minimum Gasteiger partial charge on any atom is -0.376 e. The summed E-state index contributed by atoms with van der Waals surface area (Å²) in [6, 6.07) is 3.93. The summed E-state index contributed by atoms with van der Waals surface area (Å²) in [6.45, 7) is 1.76. The second-order valence-corrected chi connectivity index (χ2v) is 4.58. The third-order valence-corrected chi connectivity index (χ3v) is 3.21. The molecule has 1 unspecified atom stereocenters. The predicted octanol–water partition coefficient (Wildman–Crippen LogP) is 1.64. The molecular formula is C13H16N4O. The van der Waals surface area contributed by atoms with Crippen LogP contribution in [0, 0.1) is 0 Å². The summed E-state index contributed by atoms with van der Waals surface area (Å²) < 4.78 is 5.64. The van der Waals surface area contributed by atoms with Crippen LogP contribution in [0.15, 0.2) is 24.5 Å². The topological polar surface area (TPSA) is 51.1 Å². The molecule has 0 aliphatic carbocycles. The van der Waals surface area contributed by atoms with Crippen molar-refractivity contribution >= 4 is 17.0 Å². The molecule has 1 aliphatic rings. The average molecular weight is 244 g/mol. The average Bonchev–Trinajstić information content (AvgIpc) is 2.91. The van der Waals surface area contributed by atoms with Gasteiger partial charge in [0.05, 0.1) is 6.10 Å². The van der Waals surface area contributed by atoms with E-state index in [-0.39, 0.29) is 0 Å². The van der Waals surface area contributed by atoms with Crippen molar-refractivity contribution in [2.75, 3.05) is 25.1 Å². The molecule has 0 N–H and O–H groups in total. The van der Waals surface area contributed by atoms with Gasteiger partial charge in [-0.05, 0) is 25.0 Å². The molecule has 2 aromatic rings. The summed E-state index contributed by atoms with van der Waals surface area (Å²) in [5.74, 6) is 0.915. The molecule has 0 saturated carbocycles. The van der Waals surface area contributed by atoms with E-state index in [1.54, 1.807) is 12.4 Å². The maximum atomic E-state index is 5.64. The maximum Gasteiger partial charge on any atom is 0.180 e. The van der Waals surface area contributed by atoms with Gasteiger partial charge in [-0.15, -0.1) is 0 Å². The number of hydrogen-bond acceptors (Lipinski definition) is 5. The van der Waals surface area contributed by atoms with E-state index >= 15 is 0 Å². The molecule has 1 atom stereocenters. The van der Waals surface area contributed by atoms with Gasteiger partial charge in [0.25, 0.3) is 0 Å². The monoisotopic (exact) mass is 244 g/mol. The summed E-state index contributed by atoms with van der Waals surface area (Å²) in [7, 11) is 2.03. The quantitative estimate of drug-likeness (QED) is 0.821. The molecule has 0 amide bonds. The lowest BCUT2D eigenvalue weighted by Crippen LogP contribution is -2.29. The molecule has 5 nitrogen and oxygen atoms in total. The van der Waals surface area contributed by atoms with Crippen LogP contribution in [0.5, 0.6) is 0 Å². The molecule has 0 radical (unpaired) electrons. The highest BCUT2D eigenvalue weighted by Gasteiger charge is 2.18. The highest BCUT2D eigenvalue weighted by molar-refractivity contribution is 5.71. The number of rotatable bonds is 3. The summed E-state index contributed by atoms with van der Waals surface area (Å²) in [6.07, 6.45) is 5.97. The number of likely N-dealkylation sites (N-methyl/N-ethyl adjacent to an activating group) is 1. The molecule has 1 aliphatic heterocycles. The van der Waals surface area contributed by atoms with Crippen LogP contribution in [0.3, 0.4) is 0 Å². The first kappa shape index (κ1) is 11.3. The van der Waals surface area contributed by atoms with Crippen LogP contribution in [0.4, 0.5) is 5.82 Å². The van der Waals surface area contributed by atoms with Crippen LogP contribution in [0.1, 0.15) is 12.8 Å². The third-order valence-electron chi connectivity index (χ3n) is 3.21. The van der Waals surface area contributed by atoms with E-state index in [1.165, 1.54) is 0 Å². The Morgan fingerprint density at radius 2 is 2.22 bits per heavy atom. The van der Waals surface area contributed by atoms with Gasteiger partial charge in [0.1, 0.15) is 11.3 Å². The summed E-state index contributed by atoms with van der Waals surface area (Å²) in [5.41, 5.74) is 1.51. The first-order valence-corrected chi connectivity index (χ1v) is 6.23. The van der Waals surface area contributed by atoms with Gasteiger partial charge in [-0.25, -0.2) is 9.97 Å². The number of fused-ring (bicyclic) bond motifs is 1. The maximum absolute atomic E-state index is 5.64. The Labute approximate surface area is 106 Å². The van der Waals surface area contributed by atoms with Crippen molar-refractivity contribution < 1.29 is 4.74 Å². The fourth-order valence-corrected chi connectivity index (χ4v) is 2.24. The van der Waals surface area contributed by atoms with Crippen molar-refractivity contribution in [3.8, 4) is 0 Å². The van der Waals surface area contributed by atoms with Crippen molar-refractivity contribution in [2.24, 2.45) is 0 Å². The normalized spacial score (nSPS) is 19.3. The van der Waals surface area contributed by atoms with Crippen LogP contribution < -0.4 is 4.90 Å². The van der Waals surface area contributed by atoms with Gasteiger partial charge in [-0.3, -0.25) is 4.98 Å². The molecule has 3 heterocycles. The van der Waals surface area contributed by atoms with Crippen LogP contribution in [-0.2, 0) is 4.74 Å². The zero-order chi connectivity index (χ0) is 12.4. The molecule has 1 saturated heterocycles. The van der Waals surface area contributed by atoms with E-state index in [1.807, 2.05) is 19.2 Å². The number of anilines is 1. The zero-order valence-electron chi connectivity index (χ0n) is 10.4. The minimum atomic E-state index is 0.328. The van der Waals surface area contributed by atoms with Gasteiger partial charge in [-0.2, -0.15) is 0 Å². The minimum absolute atomic E-state index is 0.328. The van der Waals surface area contributed by atoms with Crippen molar-refractivity contribution in [1.82, 2.24) is 15.0 Å². The van der Waals surface area contributed by atoms with E-state index in [0.717, 1.165) is 37.3 Å². The van der Waals surface area contributed by atoms with Crippen molar-refractivity contribution in [3.05, 3.63) is 24.5 Å². The Morgan fingerprint density at radius 1 is 1.33 bits per heavy atom. The highest BCUT2D eigenvalue weighted by Crippen LogP contribution is 2.17.